The van der Waals surface area contributed by atoms with Crippen LogP contribution in [0.1, 0.15) is 11.3 Å². The van der Waals surface area contributed by atoms with Crippen molar-refractivity contribution in [2.75, 3.05) is 18.5 Å². The molecular weight excluding hydrogens is 545 g/mol. The van der Waals surface area contributed by atoms with Crippen molar-refractivity contribution in [3.8, 4) is 5.75 Å². The Morgan fingerprint density at radius 3 is 2.62 bits per heavy atom. The minimum atomic E-state index is -0.262. The largest absolute Gasteiger partial charge is 0.485 e. The number of pyridine rings is 1. The fourth-order valence-electron chi connectivity index (χ4n) is 2.82. The number of carbonyl (C=O) groups excluding carboxylic acids is 1. The number of fused-ring (bicyclic) bond motifs is 1. The number of hydrogen-bond acceptors (Lipinski definition) is 4. The van der Waals surface area contributed by atoms with Crippen LogP contribution in [-0.4, -0.2) is 24.5 Å². The molecule has 0 saturated carbocycles. The van der Waals surface area contributed by atoms with Gasteiger partial charge in [-0.2, -0.15) is 0 Å². The summed E-state index contributed by atoms with van der Waals surface area (Å²) in [6.07, 6.45) is 0. The maximum absolute atomic E-state index is 12.0. The van der Waals surface area contributed by atoms with Crippen LogP contribution in [0, 0.1) is 6.92 Å². The van der Waals surface area contributed by atoms with Gasteiger partial charge in [0.15, 0.2) is 5.75 Å². The Morgan fingerprint density at radius 2 is 1.93 bits per heavy atom. The van der Waals surface area contributed by atoms with E-state index in [1.54, 1.807) is 19.2 Å². The molecule has 0 aliphatic carbocycles. The summed E-state index contributed by atoms with van der Waals surface area (Å²) in [5.74, 6) is 0.318. The van der Waals surface area contributed by atoms with Gasteiger partial charge in [0.05, 0.1) is 21.7 Å². The molecule has 3 aromatic rings. The molecule has 0 atom stereocenters. The van der Waals surface area contributed by atoms with E-state index in [2.05, 4.69) is 36.8 Å². The average molecular weight is 562 g/mol. The lowest BCUT2D eigenvalue weighted by molar-refractivity contribution is -0.117. The number of nitrogens with zero attached hydrogens (tertiary/aromatic N) is 2. The predicted octanol–water partition coefficient (Wildman–Crippen LogP) is 5.88. The van der Waals surface area contributed by atoms with Crippen LogP contribution >= 0.6 is 55.1 Å². The Balaban J connectivity index is 2.01. The molecule has 0 aliphatic rings. The number of hydrogen-bond donors (Lipinski definition) is 1. The lowest BCUT2D eigenvalue weighted by atomic mass is 10.1. The smallest absolute Gasteiger partial charge is 0.240 e. The number of amides is 1. The summed E-state index contributed by atoms with van der Waals surface area (Å²) in [7, 11) is 1.61. The van der Waals surface area contributed by atoms with Crippen LogP contribution < -0.4 is 15.4 Å². The molecule has 0 spiro atoms. The molecule has 0 bridgehead atoms. The first-order chi connectivity index (χ1) is 13.7. The Bertz CT molecular complexity index is 1110. The van der Waals surface area contributed by atoms with Crippen LogP contribution in [-0.2, 0) is 11.4 Å². The van der Waals surface area contributed by atoms with Gasteiger partial charge >= 0.3 is 0 Å². The number of likely N-dealkylation sites (N-methyl/N-ethyl adjacent to an activating group) is 1. The van der Waals surface area contributed by atoms with Crippen molar-refractivity contribution < 1.29 is 9.53 Å². The van der Waals surface area contributed by atoms with Crippen LogP contribution in [0.3, 0.4) is 0 Å². The Labute approximate surface area is 195 Å². The van der Waals surface area contributed by atoms with Crippen molar-refractivity contribution in [1.29, 1.82) is 0 Å². The highest BCUT2D eigenvalue weighted by Crippen LogP contribution is 2.40. The number of benzene rings is 2. The zero-order chi connectivity index (χ0) is 21.3. The summed E-state index contributed by atoms with van der Waals surface area (Å²) in [5.41, 5.74) is 8.12. The third-order valence-corrected chi connectivity index (χ3v) is 6.43. The molecule has 1 amide bonds. The van der Waals surface area contributed by atoms with Gasteiger partial charge in [-0.15, -0.1) is 0 Å². The standard InChI is InChI=1S/C20H17Br2Cl2N3O2/c1-10-3-4-11-13(21)7-14(22)20(19(11)26-10)29-9-12-15(23)5-6-16(18(12)24)27(2)17(28)8-25/h3-7H,8-9,25H2,1-2H3. The lowest BCUT2D eigenvalue weighted by Gasteiger charge is -2.21. The minimum Gasteiger partial charge on any atom is -0.485 e. The zero-order valence-corrected chi connectivity index (χ0v) is 20.3. The minimum absolute atomic E-state index is 0.0983. The SMILES string of the molecule is Cc1ccc2c(Br)cc(Br)c(OCc3c(Cl)ccc(N(C)C(=O)CN)c3Cl)c2n1. The predicted molar refractivity (Wildman–Crippen MR) is 125 cm³/mol. The van der Waals surface area contributed by atoms with Crippen molar-refractivity contribution in [2.24, 2.45) is 5.73 Å². The molecule has 3 rings (SSSR count). The second-order valence-corrected chi connectivity index (χ2v) is 8.82. The van der Waals surface area contributed by atoms with Crippen molar-refractivity contribution in [3.63, 3.8) is 0 Å². The summed E-state index contributed by atoms with van der Waals surface area (Å²) in [6, 6.07) is 9.18. The van der Waals surface area contributed by atoms with E-state index in [0.29, 0.717) is 32.6 Å². The van der Waals surface area contributed by atoms with Crippen molar-refractivity contribution >= 4 is 77.6 Å². The number of rotatable bonds is 5. The number of carbonyl (C=O) groups is 1. The lowest BCUT2D eigenvalue weighted by Crippen LogP contribution is -2.32. The van der Waals surface area contributed by atoms with E-state index in [0.717, 1.165) is 20.0 Å². The van der Waals surface area contributed by atoms with Crippen molar-refractivity contribution in [1.82, 2.24) is 4.98 Å². The van der Waals surface area contributed by atoms with Gasteiger partial charge in [-0.1, -0.05) is 39.1 Å². The summed E-state index contributed by atoms with van der Waals surface area (Å²) in [6.45, 7) is 1.89. The molecule has 1 aromatic heterocycles. The van der Waals surface area contributed by atoms with E-state index in [4.69, 9.17) is 33.7 Å². The highest BCUT2D eigenvalue weighted by atomic mass is 79.9. The van der Waals surface area contributed by atoms with Gasteiger partial charge in [0, 0.05) is 33.2 Å². The summed E-state index contributed by atoms with van der Waals surface area (Å²) >= 11 is 20.0. The molecule has 9 heteroatoms. The van der Waals surface area contributed by atoms with Gasteiger partial charge in [-0.25, -0.2) is 4.98 Å². The molecule has 2 aromatic carbocycles. The van der Waals surface area contributed by atoms with E-state index in [9.17, 15) is 4.79 Å². The molecular formula is C20H17Br2Cl2N3O2. The first-order valence-corrected chi connectivity index (χ1v) is 10.9. The fourth-order valence-corrected chi connectivity index (χ4v) is 4.81. The monoisotopic (exact) mass is 559 g/mol. The molecule has 0 aliphatic heterocycles. The highest BCUT2D eigenvalue weighted by Gasteiger charge is 2.19. The van der Waals surface area contributed by atoms with E-state index in [1.807, 2.05) is 25.1 Å². The zero-order valence-electron chi connectivity index (χ0n) is 15.6. The van der Waals surface area contributed by atoms with Crippen molar-refractivity contribution in [3.05, 3.63) is 60.6 Å². The topological polar surface area (TPSA) is 68.5 Å². The molecule has 2 N–H and O–H groups in total. The number of nitrogens with two attached hydrogens (primary N) is 1. The summed E-state index contributed by atoms with van der Waals surface area (Å²) < 4.78 is 7.75. The Hall–Kier alpha value is -1.38. The first-order valence-electron chi connectivity index (χ1n) is 8.56. The van der Waals surface area contributed by atoms with Gasteiger partial charge in [0.1, 0.15) is 12.1 Å². The molecule has 5 nitrogen and oxygen atoms in total. The van der Waals surface area contributed by atoms with Gasteiger partial charge in [0.2, 0.25) is 5.91 Å². The average Bonchev–Trinajstić information content (AvgIpc) is 2.68. The normalized spacial score (nSPS) is 11.0. The molecule has 29 heavy (non-hydrogen) atoms. The maximum atomic E-state index is 12.0. The first kappa shape index (κ1) is 22.3. The van der Waals surface area contributed by atoms with Crippen molar-refractivity contribution in [2.45, 2.75) is 13.5 Å². The Kier molecular flexibility index (Phi) is 7.06. The number of ether oxygens (including phenoxy) is 1. The van der Waals surface area contributed by atoms with Crippen LogP contribution in [0.5, 0.6) is 5.75 Å². The Morgan fingerprint density at radius 1 is 1.21 bits per heavy atom. The molecule has 152 valence electrons. The van der Waals surface area contributed by atoms with Gasteiger partial charge in [0.25, 0.3) is 0 Å². The van der Waals surface area contributed by atoms with E-state index >= 15 is 0 Å². The van der Waals surface area contributed by atoms with Crippen LogP contribution in [0.2, 0.25) is 10.0 Å². The molecule has 0 unspecified atom stereocenters. The number of anilines is 1. The van der Waals surface area contributed by atoms with E-state index in [-0.39, 0.29) is 19.1 Å². The third kappa shape index (κ3) is 4.54. The number of aromatic nitrogens is 1. The van der Waals surface area contributed by atoms with Gasteiger partial charge < -0.3 is 15.4 Å². The third-order valence-electron chi connectivity index (χ3n) is 4.41. The van der Waals surface area contributed by atoms with Gasteiger partial charge in [-0.05, 0) is 53.2 Å². The maximum Gasteiger partial charge on any atom is 0.240 e. The van der Waals surface area contributed by atoms with Crippen LogP contribution in [0.4, 0.5) is 5.69 Å². The molecule has 1 heterocycles. The van der Waals surface area contributed by atoms with Gasteiger partial charge in [-0.3, -0.25) is 4.79 Å². The highest BCUT2D eigenvalue weighted by molar-refractivity contribution is 9.11. The van der Waals surface area contributed by atoms with E-state index < -0.39 is 0 Å². The fraction of sp³-hybridized carbons (Fsp3) is 0.200. The second kappa shape index (κ2) is 9.18. The van der Waals surface area contributed by atoms with E-state index in [1.165, 1.54) is 4.90 Å². The number of halogens is 4. The summed E-state index contributed by atoms with van der Waals surface area (Å²) in [4.78, 5) is 18.0. The molecule has 0 fully saturated rings. The summed E-state index contributed by atoms with van der Waals surface area (Å²) in [5, 5.41) is 1.70. The molecule has 0 radical (unpaired) electrons. The van der Waals surface area contributed by atoms with Crippen LogP contribution in [0.25, 0.3) is 10.9 Å². The quantitative estimate of drug-likeness (QED) is 0.423. The second-order valence-electron chi connectivity index (χ2n) is 6.32. The number of aryl methyl sites for hydroxylation is 1. The molecule has 0 saturated heterocycles. The van der Waals surface area contributed by atoms with Crippen LogP contribution in [0.15, 0.2) is 39.3 Å².